The molecule has 15 heteroatoms. The Morgan fingerprint density at radius 3 is 1.83 bits per heavy atom. The van der Waals surface area contributed by atoms with E-state index in [1.807, 2.05) is 0 Å². The van der Waals surface area contributed by atoms with Crippen molar-refractivity contribution in [2.24, 2.45) is 0 Å². The summed E-state index contributed by atoms with van der Waals surface area (Å²) in [6.45, 7) is -1.55. The lowest BCUT2D eigenvalue weighted by Crippen LogP contribution is -2.50. The average Bonchev–Trinajstić information content (AvgIpc) is 3.03. The van der Waals surface area contributed by atoms with Crippen molar-refractivity contribution in [1.29, 1.82) is 0 Å². The second kappa shape index (κ2) is 10.4. The molecule has 0 spiro atoms. The van der Waals surface area contributed by atoms with Gasteiger partial charge in [0.15, 0.2) is 36.6 Å². The summed E-state index contributed by atoms with van der Waals surface area (Å²) in [5, 5.41) is 73.4. The summed E-state index contributed by atoms with van der Waals surface area (Å²) >= 11 is 0. The minimum absolute atomic E-state index is 0.519. The lowest BCUT2D eigenvalue weighted by molar-refractivity contribution is -0.190. The molecule has 8 N–H and O–H groups in total. The van der Waals surface area contributed by atoms with Gasteiger partial charge in [0.25, 0.3) is 0 Å². The molecule has 1 rings (SSSR count). The number of carbonyl (C=O) groups is 4. The fraction of sp³-hybridized carbons (Fsp3) is 0.714. The molecule has 15 nitrogen and oxygen atoms in total. The minimum Gasteiger partial charge on any atom is -0.479 e. The van der Waals surface area contributed by atoms with Gasteiger partial charge in [-0.2, -0.15) is 0 Å². The largest absolute Gasteiger partial charge is 0.479 e. The summed E-state index contributed by atoms with van der Waals surface area (Å²) in [6, 6.07) is 0. The molecule has 0 bridgehead atoms. The number of ether oxygens (including phenoxy) is 3. The van der Waals surface area contributed by atoms with Gasteiger partial charge in [-0.05, 0) is 0 Å². The number of carboxylic acids is 2. The van der Waals surface area contributed by atoms with Gasteiger partial charge in [0.05, 0.1) is 13.2 Å². The maximum Gasteiger partial charge on any atom is 0.338 e. The van der Waals surface area contributed by atoms with Crippen molar-refractivity contribution in [1.82, 2.24) is 0 Å². The van der Waals surface area contributed by atoms with Crippen LogP contribution in [0.5, 0.6) is 0 Å². The van der Waals surface area contributed by atoms with Crippen LogP contribution in [0.15, 0.2) is 0 Å². The molecule has 1 heterocycles. The molecule has 1 fully saturated rings. The average molecular weight is 428 g/mol. The minimum atomic E-state index is -2.54. The van der Waals surface area contributed by atoms with Gasteiger partial charge in [-0.25, -0.2) is 19.2 Å². The molecular formula is C14H20O15. The quantitative estimate of drug-likeness (QED) is 0.151. The molecule has 0 aromatic heterocycles. The van der Waals surface area contributed by atoms with Gasteiger partial charge in [0, 0.05) is 0 Å². The van der Waals surface area contributed by atoms with Crippen LogP contribution in [0.3, 0.4) is 0 Å². The van der Waals surface area contributed by atoms with Crippen LogP contribution >= 0.6 is 0 Å². The highest BCUT2D eigenvalue weighted by Gasteiger charge is 2.47. The number of hydrogen-bond acceptors (Lipinski definition) is 13. The van der Waals surface area contributed by atoms with E-state index < -0.39 is 85.9 Å². The van der Waals surface area contributed by atoms with Gasteiger partial charge in [0.1, 0.15) is 12.2 Å². The number of carbonyl (C=O) groups excluding carboxylic acids is 2. The topological polar surface area (TPSA) is 258 Å². The second-order valence-corrected chi connectivity index (χ2v) is 5.88. The van der Waals surface area contributed by atoms with Crippen LogP contribution in [-0.2, 0) is 33.4 Å². The van der Waals surface area contributed by atoms with Crippen molar-refractivity contribution in [2.45, 2.75) is 48.8 Å². The number of esters is 2. The third kappa shape index (κ3) is 6.04. The van der Waals surface area contributed by atoms with Crippen LogP contribution in [0.25, 0.3) is 0 Å². The Kier molecular flexibility index (Phi) is 8.83. The normalized spacial score (nSPS) is 26.6. The molecule has 1 saturated heterocycles. The highest BCUT2D eigenvalue weighted by molar-refractivity contribution is 5.85. The zero-order valence-corrected chi connectivity index (χ0v) is 14.5. The zero-order valence-electron chi connectivity index (χ0n) is 14.5. The predicted molar refractivity (Wildman–Crippen MR) is 81.9 cm³/mol. The number of aliphatic hydroxyl groups is 6. The molecule has 0 amide bonds. The predicted octanol–water partition coefficient (Wildman–Crippen LogP) is -5.83. The van der Waals surface area contributed by atoms with E-state index >= 15 is 0 Å². The molecule has 4 unspecified atom stereocenters. The molecule has 8 atom stereocenters. The fourth-order valence-corrected chi connectivity index (χ4v) is 2.24. The van der Waals surface area contributed by atoms with Crippen molar-refractivity contribution in [2.75, 3.05) is 13.2 Å². The molecule has 29 heavy (non-hydrogen) atoms. The Hall–Kier alpha value is -2.40. The fourth-order valence-electron chi connectivity index (χ4n) is 2.24. The number of carboxylic acid groups (broad SMARTS) is 2. The Balaban J connectivity index is 2.87. The molecular weight excluding hydrogens is 408 g/mol. The number of rotatable bonds is 10. The van der Waals surface area contributed by atoms with Gasteiger partial charge in [-0.3, -0.25) is 0 Å². The summed E-state index contributed by atoms with van der Waals surface area (Å²) in [5.41, 5.74) is 0. The van der Waals surface area contributed by atoms with Gasteiger partial charge < -0.3 is 55.1 Å². The van der Waals surface area contributed by atoms with Crippen LogP contribution in [0.4, 0.5) is 0 Å². The van der Waals surface area contributed by atoms with E-state index in [0.717, 1.165) is 0 Å². The van der Waals surface area contributed by atoms with E-state index in [0.29, 0.717) is 0 Å². The van der Waals surface area contributed by atoms with E-state index in [-0.39, 0.29) is 0 Å². The van der Waals surface area contributed by atoms with E-state index in [9.17, 15) is 39.6 Å². The van der Waals surface area contributed by atoms with E-state index in [2.05, 4.69) is 9.47 Å². The lowest BCUT2D eigenvalue weighted by Gasteiger charge is -2.28. The number of hydrogen-bond donors (Lipinski definition) is 8. The van der Waals surface area contributed by atoms with Crippen molar-refractivity contribution in [3.8, 4) is 0 Å². The highest BCUT2D eigenvalue weighted by atomic mass is 16.6. The monoisotopic (exact) mass is 428 g/mol. The first-order valence-corrected chi connectivity index (χ1v) is 7.91. The molecule has 0 aromatic rings. The van der Waals surface area contributed by atoms with Crippen LogP contribution in [0.2, 0.25) is 0 Å². The standard InChI is InChI=1S/C14H20O15/c15-1-4(28-13(25)7(19)5(17)11(21)22)10-9(3(16)2-27-10)29-14(26)8(20)6(18)12(23)24/h3-10,15-20H,1-2H2,(H,21,22)(H,23,24)/t3-,4+,5?,6?,7?,8?,9+,10+/m0/s1. The smallest absolute Gasteiger partial charge is 0.338 e. The Bertz CT molecular complexity index is 620. The molecule has 0 aliphatic carbocycles. The second-order valence-electron chi connectivity index (χ2n) is 5.88. The van der Waals surface area contributed by atoms with E-state index in [1.54, 1.807) is 0 Å². The third-order valence-electron chi connectivity index (χ3n) is 3.82. The van der Waals surface area contributed by atoms with Gasteiger partial charge >= 0.3 is 23.9 Å². The maximum atomic E-state index is 11.8. The van der Waals surface area contributed by atoms with Gasteiger partial charge in [0.2, 0.25) is 0 Å². The van der Waals surface area contributed by atoms with Gasteiger partial charge in [-0.1, -0.05) is 0 Å². The molecule has 0 radical (unpaired) electrons. The van der Waals surface area contributed by atoms with Crippen molar-refractivity contribution in [3.05, 3.63) is 0 Å². The summed E-state index contributed by atoms with van der Waals surface area (Å²) < 4.78 is 14.3. The van der Waals surface area contributed by atoms with Crippen molar-refractivity contribution < 1.29 is 74.2 Å². The molecule has 1 aliphatic rings. The molecule has 0 aromatic carbocycles. The highest BCUT2D eigenvalue weighted by Crippen LogP contribution is 2.24. The van der Waals surface area contributed by atoms with Crippen LogP contribution in [0, 0.1) is 0 Å². The first-order chi connectivity index (χ1) is 13.4. The van der Waals surface area contributed by atoms with Crippen LogP contribution < -0.4 is 0 Å². The van der Waals surface area contributed by atoms with Crippen molar-refractivity contribution >= 4 is 23.9 Å². The Morgan fingerprint density at radius 2 is 1.38 bits per heavy atom. The summed E-state index contributed by atoms with van der Waals surface area (Å²) in [7, 11) is 0. The van der Waals surface area contributed by atoms with Crippen molar-refractivity contribution in [3.63, 3.8) is 0 Å². The number of aliphatic hydroxyl groups excluding tert-OH is 6. The van der Waals surface area contributed by atoms with E-state index in [4.69, 9.17) is 25.2 Å². The third-order valence-corrected chi connectivity index (χ3v) is 3.82. The Labute approximate surface area is 161 Å². The lowest BCUT2D eigenvalue weighted by atomic mass is 10.1. The summed E-state index contributed by atoms with van der Waals surface area (Å²) in [6.07, 6.45) is -16.8. The zero-order chi connectivity index (χ0) is 22.5. The van der Waals surface area contributed by atoms with Crippen LogP contribution in [-0.4, -0.2) is 127 Å². The van der Waals surface area contributed by atoms with E-state index in [1.165, 1.54) is 0 Å². The first kappa shape index (κ1) is 24.6. The van der Waals surface area contributed by atoms with Crippen LogP contribution in [0.1, 0.15) is 0 Å². The maximum absolute atomic E-state index is 11.8. The first-order valence-electron chi connectivity index (χ1n) is 7.91. The molecule has 166 valence electrons. The summed E-state index contributed by atoms with van der Waals surface area (Å²) in [5.74, 6) is -7.25. The SMILES string of the molecule is O=C(O)C(O)C(O)C(=O)O[C@H]1[C@@H]([C@@H](CO)OC(=O)C(O)C(O)C(=O)O)OC[C@@H]1O. The Morgan fingerprint density at radius 1 is 0.897 bits per heavy atom. The molecule has 0 saturated carbocycles. The van der Waals surface area contributed by atoms with Gasteiger partial charge in [-0.15, -0.1) is 0 Å². The summed E-state index contributed by atoms with van der Waals surface area (Å²) in [4.78, 5) is 44.7. The number of aliphatic carboxylic acids is 2. The molecule has 1 aliphatic heterocycles.